The summed E-state index contributed by atoms with van der Waals surface area (Å²) in [7, 11) is 0. The molecule has 0 bridgehead atoms. The van der Waals surface area contributed by atoms with Crippen molar-refractivity contribution >= 4 is 5.96 Å². The van der Waals surface area contributed by atoms with Gasteiger partial charge in [-0.05, 0) is 38.0 Å². The molecule has 0 spiro atoms. The van der Waals surface area contributed by atoms with E-state index in [0.29, 0.717) is 0 Å². The Labute approximate surface area is 106 Å². The Morgan fingerprint density at radius 3 is 2.65 bits per heavy atom. The van der Waals surface area contributed by atoms with E-state index in [1.807, 2.05) is 0 Å². The normalized spacial score (nSPS) is 16.4. The average Bonchev–Trinajstić information content (AvgIpc) is 3.08. The van der Waals surface area contributed by atoms with Crippen molar-refractivity contribution in [1.82, 2.24) is 10.6 Å². The van der Waals surface area contributed by atoms with Crippen molar-refractivity contribution in [2.45, 2.75) is 52.9 Å². The fourth-order valence-corrected chi connectivity index (χ4v) is 1.83. The van der Waals surface area contributed by atoms with Crippen molar-refractivity contribution in [3.8, 4) is 0 Å². The van der Waals surface area contributed by atoms with Crippen molar-refractivity contribution in [3.63, 3.8) is 0 Å². The monoisotopic (exact) mass is 239 g/mol. The van der Waals surface area contributed by atoms with Crippen LogP contribution in [0.2, 0.25) is 0 Å². The zero-order valence-electron chi connectivity index (χ0n) is 11.8. The van der Waals surface area contributed by atoms with Gasteiger partial charge in [0.1, 0.15) is 0 Å². The Hall–Kier alpha value is -0.730. The minimum atomic E-state index is 0.788. The van der Waals surface area contributed by atoms with Crippen molar-refractivity contribution in [2.75, 3.05) is 19.6 Å². The number of nitrogens with one attached hydrogen (secondary N) is 2. The number of hydrogen-bond acceptors (Lipinski definition) is 1. The summed E-state index contributed by atoms with van der Waals surface area (Å²) in [6.07, 6.45) is 6.63. The van der Waals surface area contributed by atoms with Crippen LogP contribution in [-0.4, -0.2) is 25.6 Å². The van der Waals surface area contributed by atoms with Crippen LogP contribution in [0.4, 0.5) is 0 Å². The highest BCUT2D eigenvalue weighted by atomic mass is 15.2. The molecule has 0 aliphatic heterocycles. The molecule has 0 aromatic heterocycles. The summed E-state index contributed by atoms with van der Waals surface area (Å²) in [5, 5.41) is 6.72. The minimum Gasteiger partial charge on any atom is -0.357 e. The maximum absolute atomic E-state index is 4.60. The molecule has 3 nitrogen and oxygen atoms in total. The first kappa shape index (κ1) is 14.3. The molecule has 0 atom stereocenters. The highest BCUT2D eigenvalue weighted by Gasteiger charge is 2.20. The molecule has 0 amide bonds. The van der Waals surface area contributed by atoms with Crippen LogP contribution in [0.5, 0.6) is 0 Å². The van der Waals surface area contributed by atoms with E-state index in [-0.39, 0.29) is 0 Å². The van der Waals surface area contributed by atoms with Gasteiger partial charge in [-0.2, -0.15) is 0 Å². The number of rotatable bonds is 8. The molecule has 1 aliphatic rings. The van der Waals surface area contributed by atoms with Crippen LogP contribution in [-0.2, 0) is 0 Å². The molecule has 1 saturated carbocycles. The van der Waals surface area contributed by atoms with Gasteiger partial charge in [0.05, 0.1) is 0 Å². The largest absolute Gasteiger partial charge is 0.357 e. The zero-order valence-corrected chi connectivity index (χ0v) is 11.8. The lowest BCUT2D eigenvalue weighted by molar-refractivity contribution is 0.560. The average molecular weight is 239 g/mol. The summed E-state index contributed by atoms with van der Waals surface area (Å²) >= 11 is 0. The lowest BCUT2D eigenvalue weighted by Gasteiger charge is -2.11. The third kappa shape index (κ3) is 8.06. The van der Waals surface area contributed by atoms with Gasteiger partial charge < -0.3 is 10.6 Å². The molecule has 17 heavy (non-hydrogen) atoms. The molecule has 0 saturated heterocycles. The first-order chi connectivity index (χ1) is 8.22. The summed E-state index contributed by atoms with van der Waals surface area (Å²) in [5.74, 6) is 2.78. The number of hydrogen-bond donors (Lipinski definition) is 2. The first-order valence-electron chi connectivity index (χ1n) is 7.24. The van der Waals surface area contributed by atoms with Crippen LogP contribution in [0.1, 0.15) is 52.9 Å². The van der Waals surface area contributed by atoms with E-state index in [1.54, 1.807) is 0 Å². The van der Waals surface area contributed by atoms with E-state index >= 15 is 0 Å². The van der Waals surface area contributed by atoms with Crippen LogP contribution in [0.3, 0.4) is 0 Å². The highest BCUT2D eigenvalue weighted by Crippen LogP contribution is 2.31. The second-order valence-electron chi connectivity index (χ2n) is 5.46. The number of nitrogens with zero attached hydrogens (tertiary/aromatic N) is 1. The smallest absolute Gasteiger partial charge is 0.191 e. The first-order valence-corrected chi connectivity index (χ1v) is 7.24. The third-order valence-corrected chi connectivity index (χ3v) is 3.10. The summed E-state index contributed by atoms with van der Waals surface area (Å²) in [4.78, 5) is 4.60. The van der Waals surface area contributed by atoms with E-state index in [4.69, 9.17) is 0 Å². The molecule has 1 fully saturated rings. The predicted molar refractivity (Wildman–Crippen MR) is 75.4 cm³/mol. The molecule has 1 aliphatic carbocycles. The second kappa shape index (κ2) is 8.37. The molecule has 3 heteroatoms. The van der Waals surface area contributed by atoms with Gasteiger partial charge in [0.15, 0.2) is 5.96 Å². The van der Waals surface area contributed by atoms with E-state index in [9.17, 15) is 0 Å². The molecular weight excluding hydrogens is 210 g/mol. The van der Waals surface area contributed by atoms with E-state index in [1.165, 1.54) is 32.1 Å². The predicted octanol–water partition coefficient (Wildman–Crippen LogP) is 2.78. The summed E-state index contributed by atoms with van der Waals surface area (Å²) in [6, 6.07) is 0. The number of aliphatic imine (C=N–C) groups is 1. The van der Waals surface area contributed by atoms with Crippen LogP contribution in [0, 0.1) is 11.8 Å². The lowest BCUT2D eigenvalue weighted by atomic mass is 10.1. The van der Waals surface area contributed by atoms with Crippen LogP contribution in [0.25, 0.3) is 0 Å². The van der Waals surface area contributed by atoms with Crippen molar-refractivity contribution in [3.05, 3.63) is 0 Å². The topological polar surface area (TPSA) is 36.4 Å². The fourth-order valence-electron chi connectivity index (χ4n) is 1.83. The quantitative estimate of drug-likeness (QED) is 0.388. The van der Waals surface area contributed by atoms with Gasteiger partial charge in [-0.25, -0.2) is 0 Å². The lowest BCUT2D eigenvalue weighted by Crippen LogP contribution is -2.38. The highest BCUT2D eigenvalue weighted by molar-refractivity contribution is 5.79. The molecule has 1 rings (SSSR count). The maximum Gasteiger partial charge on any atom is 0.191 e. The van der Waals surface area contributed by atoms with Crippen molar-refractivity contribution in [1.29, 1.82) is 0 Å². The Morgan fingerprint density at radius 2 is 2.06 bits per heavy atom. The van der Waals surface area contributed by atoms with Crippen LogP contribution < -0.4 is 10.6 Å². The Bertz CT molecular complexity index is 220. The zero-order chi connectivity index (χ0) is 12.5. The molecule has 2 N–H and O–H groups in total. The van der Waals surface area contributed by atoms with E-state index < -0.39 is 0 Å². The van der Waals surface area contributed by atoms with E-state index in [2.05, 4.69) is 36.4 Å². The standard InChI is InChI=1S/C14H29N3/c1-4-15-14(16-10-5-6-12(2)3)17-11-9-13-7-8-13/h12-13H,4-11H2,1-3H3,(H2,15,16,17). The van der Waals surface area contributed by atoms with Gasteiger partial charge in [0.2, 0.25) is 0 Å². The molecule has 0 unspecified atom stereocenters. The molecule has 0 aromatic carbocycles. The van der Waals surface area contributed by atoms with Gasteiger partial charge in [0, 0.05) is 19.6 Å². The third-order valence-electron chi connectivity index (χ3n) is 3.10. The summed E-state index contributed by atoms with van der Waals surface area (Å²) < 4.78 is 0. The molecule has 100 valence electrons. The minimum absolute atomic E-state index is 0.788. The van der Waals surface area contributed by atoms with Gasteiger partial charge in [0.25, 0.3) is 0 Å². The maximum atomic E-state index is 4.60. The molecule has 0 radical (unpaired) electrons. The molecule has 0 heterocycles. The van der Waals surface area contributed by atoms with Crippen LogP contribution in [0.15, 0.2) is 4.99 Å². The van der Waals surface area contributed by atoms with Crippen molar-refractivity contribution < 1.29 is 0 Å². The Balaban J connectivity index is 2.12. The van der Waals surface area contributed by atoms with Crippen LogP contribution >= 0.6 is 0 Å². The van der Waals surface area contributed by atoms with Crippen molar-refractivity contribution in [2.24, 2.45) is 16.8 Å². The van der Waals surface area contributed by atoms with Gasteiger partial charge in [-0.1, -0.05) is 26.7 Å². The van der Waals surface area contributed by atoms with Gasteiger partial charge in [-0.15, -0.1) is 0 Å². The van der Waals surface area contributed by atoms with Gasteiger partial charge in [-0.3, -0.25) is 4.99 Å². The summed E-state index contributed by atoms with van der Waals surface area (Å²) in [5.41, 5.74) is 0. The van der Waals surface area contributed by atoms with Gasteiger partial charge >= 0.3 is 0 Å². The second-order valence-corrected chi connectivity index (χ2v) is 5.46. The SMILES string of the molecule is CCNC(=NCCCC(C)C)NCCC1CC1. The summed E-state index contributed by atoms with van der Waals surface area (Å²) in [6.45, 7) is 9.61. The number of guanidine groups is 1. The fraction of sp³-hybridized carbons (Fsp3) is 0.929. The Morgan fingerprint density at radius 1 is 1.29 bits per heavy atom. The Kier molecular flexibility index (Phi) is 7.06. The molecule has 0 aromatic rings. The van der Waals surface area contributed by atoms with E-state index in [0.717, 1.165) is 37.4 Å². The molecular formula is C14H29N3.